The van der Waals surface area contributed by atoms with Crippen LogP contribution in [0.3, 0.4) is 0 Å². The largest absolute Gasteiger partial charge is 0.482 e. The number of nitrogens with zero attached hydrogens (tertiary/aromatic N) is 1. The lowest BCUT2D eigenvalue weighted by Gasteiger charge is -2.29. The van der Waals surface area contributed by atoms with Gasteiger partial charge in [-0.15, -0.1) is 0 Å². The summed E-state index contributed by atoms with van der Waals surface area (Å²) in [6.07, 6.45) is 1.85. The number of carbonyl (C=O) groups excluding carboxylic acids is 2. The topological polar surface area (TPSA) is 58.6 Å². The minimum Gasteiger partial charge on any atom is -0.482 e. The molecule has 1 heterocycles. The summed E-state index contributed by atoms with van der Waals surface area (Å²) in [4.78, 5) is 25.9. The first kappa shape index (κ1) is 18.0. The molecule has 0 bridgehead atoms. The molecule has 1 aliphatic heterocycles. The molecule has 0 saturated heterocycles. The van der Waals surface area contributed by atoms with E-state index in [9.17, 15) is 9.59 Å². The summed E-state index contributed by atoms with van der Waals surface area (Å²) in [5, 5.41) is 2.94. The average molecular weight is 352 g/mol. The van der Waals surface area contributed by atoms with Crippen molar-refractivity contribution in [2.45, 2.75) is 26.2 Å². The van der Waals surface area contributed by atoms with Crippen LogP contribution in [0.15, 0.2) is 48.5 Å². The lowest BCUT2D eigenvalue weighted by atomic mass is 10.1. The number of hydrogen-bond donors (Lipinski definition) is 1. The minimum absolute atomic E-state index is 0.0195. The van der Waals surface area contributed by atoms with Gasteiger partial charge in [0, 0.05) is 19.5 Å². The summed E-state index contributed by atoms with van der Waals surface area (Å²) in [7, 11) is 0. The number of anilines is 1. The van der Waals surface area contributed by atoms with Crippen molar-refractivity contribution < 1.29 is 14.3 Å². The van der Waals surface area contributed by atoms with Crippen molar-refractivity contribution in [3.05, 3.63) is 59.7 Å². The van der Waals surface area contributed by atoms with Crippen LogP contribution in [0.25, 0.3) is 0 Å². The van der Waals surface area contributed by atoms with Gasteiger partial charge < -0.3 is 15.0 Å². The van der Waals surface area contributed by atoms with E-state index in [1.54, 1.807) is 4.90 Å². The van der Waals surface area contributed by atoms with Gasteiger partial charge in [-0.2, -0.15) is 0 Å². The second kappa shape index (κ2) is 8.52. The van der Waals surface area contributed by atoms with Crippen molar-refractivity contribution in [3.63, 3.8) is 0 Å². The summed E-state index contributed by atoms with van der Waals surface area (Å²) in [6.45, 7) is 3.18. The lowest BCUT2D eigenvalue weighted by Crippen LogP contribution is -2.39. The van der Waals surface area contributed by atoms with Gasteiger partial charge in [0.05, 0.1) is 5.69 Å². The van der Waals surface area contributed by atoms with E-state index in [1.807, 2.05) is 43.3 Å². The third-order valence-electron chi connectivity index (χ3n) is 4.42. The Morgan fingerprint density at radius 2 is 2.00 bits per heavy atom. The Morgan fingerprint density at radius 3 is 2.81 bits per heavy atom. The minimum atomic E-state index is -0.0624. The molecule has 2 amide bonds. The normalized spacial score (nSPS) is 13.1. The number of aryl methyl sites for hydroxylation is 1. The second-order valence-electron chi connectivity index (χ2n) is 6.49. The van der Waals surface area contributed by atoms with Gasteiger partial charge in [0.2, 0.25) is 5.91 Å². The molecule has 5 nitrogen and oxygen atoms in total. The van der Waals surface area contributed by atoms with Crippen molar-refractivity contribution in [2.75, 3.05) is 24.6 Å². The zero-order chi connectivity index (χ0) is 18.4. The number of carbonyl (C=O) groups is 2. The number of ether oxygens (including phenoxy) is 1. The highest BCUT2D eigenvalue weighted by Crippen LogP contribution is 2.32. The number of rotatable bonds is 7. The average Bonchev–Trinajstić information content (AvgIpc) is 2.64. The maximum absolute atomic E-state index is 12.2. The summed E-state index contributed by atoms with van der Waals surface area (Å²) >= 11 is 0. The van der Waals surface area contributed by atoms with Gasteiger partial charge in [0.1, 0.15) is 5.75 Å². The van der Waals surface area contributed by atoms with E-state index in [2.05, 4.69) is 17.4 Å². The molecule has 0 radical (unpaired) electrons. The molecule has 0 atom stereocenters. The van der Waals surface area contributed by atoms with Gasteiger partial charge >= 0.3 is 0 Å². The molecule has 136 valence electrons. The molecule has 2 aromatic carbocycles. The van der Waals surface area contributed by atoms with Gasteiger partial charge in [0.15, 0.2) is 6.61 Å². The maximum atomic E-state index is 12.2. The van der Waals surface area contributed by atoms with Crippen LogP contribution in [-0.2, 0) is 16.0 Å². The Balaban J connectivity index is 1.45. The van der Waals surface area contributed by atoms with Gasteiger partial charge in [-0.3, -0.25) is 9.59 Å². The number of fused-ring (bicyclic) bond motifs is 1. The molecule has 26 heavy (non-hydrogen) atoms. The van der Waals surface area contributed by atoms with Gasteiger partial charge in [0.25, 0.3) is 5.91 Å². The highest BCUT2D eigenvalue weighted by atomic mass is 16.5. The summed E-state index contributed by atoms with van der Waals surface area (Å²) < 4.78 is 5.47. The zero-order valence-electron chi connectivity index (χ0n) is 15.0. The van der Waals surface area contributed by atoms with E-state index in [4.69, 9.17) is 4.74 Å². The third-order valence-corrected chi connectivity index (χ3v) is 4.42. The summed E-state index contributed by atoms with van der Waals surface area (Å²) in [5.41, 5.74) is 3.08. The first-order chi connectivity index (χ1) is 12.6. The number of amides is 2. The van der Waals surface area contributed by atoms with E-state index >= 15 is 0 Å². The number of nitrogens with one attached hydrogen (secondary N) is 1. The Hall–Kier alpha value is -2.82. The first-order valence-electron chi connectivity index (χ1n) is 8.98. The Bertz CT molecular complexity index is 774. The van der Waals surface area contributed by atoms with E-state index in [-0.39, 0.29) is 18.4 Å². The molecule has 0 saturated carbocycles. The molecule has 0 spiro atoms. The zero-order valence-corrected chi connectivity index (χ0v) is 15.0. The Morgan fingerprint density at radius 1 is 1.19 bits per heavy atom. The van der Waals surface area contributed by atoms with Crippen LogP contribution in [0.1, 0.15) is 24.0 Å². The van der Waals surface area contributed by atoms with E-state index in [1.165, 1.54) is 5.56 Å². The first-order valence-corrected chi connectivity index (χ1v) is 8.98. The van der Waals surface area contributed by atoms with Crippen LogP contribution < -0.4 is 15.0 Å². The fourth-order valence-electron chi connectivity index (χ4n) is 3.03. The van der Waals surface area contributed by atoms with Gasteiger partial charge in [-0.25, -0.2) is 0 Å². The molecule has 1 aliphatic rings. The van der Waals surface area contributed by atoms with E-state index in [0.717, 1.165) is 23.4 Å². The molecule has 0 unspecified atom stereocenters. The maximum Gasteiger partial charge on any atom is 0.265 e. The Kier molecular flexibility index (Phi) is 5.89. The molecule has 5 heteroatoms. The van der Waals surface area contributed by atoms with Crippen molar-refractivity contribution in [2.24, 2.45) is 0 Å². The molecular formula is C21H24N2O3. The van der Waals surface area contributed by atoms with Crippen molar-refractivity contribution >= 4 is 17.5 Å². The van der Waals surface area contributed by atoms with Crippen LogP contribution in [0.4, 0.5) is 5.69 Å². The van der Waals surface area contributed by atoms with Crippen LogP contribution >= 0.6 is 0 Å². The molecule has 0 aliphatic carbocycles. The van der Waals surface area contributed by atoms with Crippen LogP contribution in [0.5, 0.6) is 5.75 Å². The van der Waals surface area contributed by atoms with Gasteiger partial charge in [-0.1, -0.05) is 36.4 Å². The summed E-state index contributed by atoms with van der Waals surface area (Å²) in [6, 6.07) is 15.9. The quantitative estimate of drug-likeness (QED) is 0.834. The summed E-state index contributed by atoms with van der Waals surface area (Å²) in [5.74, 6) is 0.682. The highest BCUT2D eigenvalue weighted by Gasteiger charge is 2.25. The molecular weight excluding hydrogens is 328 g/mol. The molecule has 0 aromatic heterocycles. The predicted octanol–water partition coefficient (Wildman–Crippen LogP) is 2.86. The molecule has 1 N–H and O–H groups in total. The lowest BCUT2D eigenvalue weighted by molar-refractivity contribution is -0.122. The van der Waals surface area contributed by atoms with Gasteiger partial charge in [-0.05, 0) is 43.0 Å². The standard InChI is InChI=1S/C21H24N2O3/c1-16-9-10-19-18(14-16)23(21(25)15-26-19)13-5-8-20(24)22-12-11-17-6-3-2-4-7-17/h2-4,6-7,9-10,14H,5,8,11-13,15H2,1H3,(H,22,24). The fraction of sp³-hybridized carbons (Fsp3) is 0.333. The monoisotopic (exact) mass is 352 g/mol. The fourth-order valence-corrected chi connectivity index (χ4v) is 3.03. The predicted molar refractivity (Wildman–Crippen MR) is 101 cm³/mol. The smallest absolute Gasteiger partial charge is 0.265 e. The van der Waals surface area contributed by atoms with Crippen molar-refractivity contribution in [3.8, 4) is 5.75 Å². The highest BCUT2D eigenvalue weighted by molar-refractivity contribution is 5.98. The SMILES string of the molecule is Cc1ccc2c(c1)N(CCCC(=O)NCCc1ccccc1)C(=O)CO2. The van der Waals surface area contributed by atoms with Crippen LogP contribution in [0, 0.1) is 6.92 Å². The Labute approximate surface area is 154 Å². The van der Waals surface area contributed by atoms with Crippen LogP contribution in [0.2, 0.25) is 0 Å². The molecule has 2 aromatic rings. The second-order valence-corrected chi connectivity index (χ2v) is 6.49. The third kappa shape index (κ3) is 4.63. The molecule has 3 rings (SSSR count). The number of hydrogen-bond acceptors (Lipinski definition) is 3. The van der Waals surface area contributed by atoms with Crippen LogP contribution in [-0.4, -0.2) is 31.5 Å². The van der Waals surface area contributed by atoms with Crippen molar-refractivity contribution in [1.29, 1.82) is 0 Å². The number of benzene rings is 2. The van der Waals surface area contributed by atoms with E-state index in [0.29, 0.717) is 25.9 Å². The van der Waals surface area contributed by atoms with Crippen molar-refractivity contribution in [1.82, 2.24) is 5.32 Å². The molecule has 0 fully saturated rings. The van der Waals surface area contributed by atoms with E-state index < -0.39 is 0 Å².